The van der Waals surface area contributed by atoms with E-state index in [9.17, 15) is 9.90 Å². The predicted molar refractivity (Wildman–Crippen MR) is 76.5 cm³/mol. The molecule has 1 aromatic rings. The Morgan fingerprint density at radius 1 is 1.68 bits per heavy atom. The molecule has 4 nitrogen and oxygen atoms in total. The second kappa shape index (κ2) is 5.79. The molecule has 2 N–H and O–H groups in total. The number of aliphatic hydroxyl groups is 1. The van der Waals surface area contributed by atoms with Crippen molar-refractivity contribution in [3.8, 4) is 0 Å². The summed E-state index contributed by atoms with van der Waals surface area (Å²) in [4.78, 5) is 12.0. The average Bonchev–Trinajstić information content (AvgIpc) is 2.67. The van der Waals surface area contributed by atoms with Gasteiger partial charge in [-0.15, -0.1) is 0 Å². The van der Waals surface area contributed by atoms with Gasteiger partial charge in [-0.05, 0) is 25.1 Å². The van der Waals surface area contributed by atoms with Gasteiger partial charge < -0.3 is 15.2 Å². The van der Waals surface area contributed by atoms with Crippen LogP contribution in [0.4, 0.5) is 0 Å². The molecule has 1 saturated heterocycles. The summed E-state index contributed by atoms with van der Waals surface area (Å²) < 4.78 is 6.12. The highest BCUT2D eigenvalue weighted by Crippen LogP contribution is 2.25. The molecule has 0 radical (unpaired) electrons. The van der Waals surface area contributed by atoms with Gasteiger partial charge in [0.25, 0.3) is 5.91 Å². The molecule has 1 heterocycles. The molecule has 0 saturated carbocycles. The topological polar surface area (TPSA) is 58.6 Å². The number of amides is 1. The molecule has 2 unspecified atom stereocenters. The second-order valence-corrected chi connectivity index (χ2v) is 6.00. The normalized spacial score (nSPS) is 26.4. The Morgan fingerprint density at radius 3 is 3.00 bits per heavy atom. The number of carbonyl (C=O) groups excluding carboxylic acids is 1. The minimum atomic E-state index is -1.00. The van der Waals surface area contributed by atoms with Crippen molar-refractivity contribution in [1.82, 2.24) is 5.32 Å². The van der Waals surface area contributed by atoms with Gasteiger partial charge in [-0.2, -0.15) is 0 Å². The smallest absolute Gasteiger partial charge is 0.252 e. The van der Waals surface area contributed by atoms with Crippen molar-refractivity contribution in [2.24, 2.45) is 0 Å². The van der Waals surface area contributed by atoms with Crippen LogP contribution in [0.15, 0.2) is 22.7 Å². The molecule has 1 fully saturated rings. The fourth-order valence-corrected chi connectivity index (χ4v) is 2.76. The first-order valence-electron chi connectivity index (χ1n) is 5.99. The van der Waals surface area contributed by atoms with Crippen LogP contribution in [0.3, 0.4) is 0 Å². The summed E-state index contributed by atoms with van der Waals surface area (Å²) >= 11 is 9.29. The molecular formula is C13H15BrClNO3. The molecule has 0 spiro atoms. The van der Waals surface area contributed by atoms with E-state index in [1.54, 1.807) is 25.1 Å². The van der Waals surface area contributed by atoms with Crippen LogP contribution in [-0.4, -0.2) is 35.9 Å². The van der Waals surface area contributed by atoms with E-state index in [0.29, 0.717) is 23.6 Å². The lowest BCUT2D eigenvalue weighted by molar-refractivity contribution is -0.0251. The molecule has 1 aliphatic heterocycles. The molecule has 0 aromatic heterocycles. The van der Waals surface area contributed by atoms with Crippen molar-refractivity contribution in [2.45, 2.75) is 25.0 Å². The van der Waals surface area contributed by atoms with Crippen LogP contribution in [0.2, 0.25) is 5.02 Å². The number of ether oxygens (including phenoxy) is 1. The quantitative estimate of drug-likeness (QED) is 0.882. The minimum Gasteiger partial charge on any atom is -0.385 e. The molecule has 0 aliphatic carbocycles. The second-order valence-electron chi connectivity index (χ2n) is 4.67. The maximum absolute atomic E-state index is 12.0. The van der Waals surface area contributed by atoms with Gasteiger partial charge in [0.15, 0.2) is 0 Å². The molecule has 1 aromatic carbocycles. The van der Waals surface area contributed by atoms with E-state index in [0.717, 1.165) is 4.47 Å². The SMILES string of the molecule is CC1OCCC1(O)CNC(=O)c1ccc(Br)cc1Cl. The predicted octanol–water partition coefficient (Wildman–Crippen LogP) is 2.37. The Balaban J connectivity index is 2.02. The third-order valence-electron chi connectivity index (χ3n) is 3.39. The number of nitrogens with one attached hydrogen (secondary N) is 1. The van der Waals surface area contributed by atoms with E-state index in [4.69, 9.17) is 16.3 Å². The van der Waals surface area contributed by atoms with Crippen LogP contribution in [0.5, 0.6) is 0 Å². The lowest BCUT2D eigenvalue weighted by Gasteiger charge is -2.26. The minimum absolute atomic E-state index is 0.152. The van der Waals surface area contributed by atoms with Crippen LogP contribution >= 0.6 is 27.5 Å². The summed E-state index contributed by atoms with van der Waals surface area (Å²) in [6.45, 7) is 2.46. The summed E-state index contributed by atoms with van der Waals surface area (Å²) in [6.07, 6.45) is 0.232. The average molecular weight is 349 g/mol. The van der Waals surface area contributed by atoms with Crippen LogP contribution in [0.1, 0.15) is 23.7 Å². The Morgan fingerprint density at radius 2 is 2.42 bits per heavy atom. The van der Waals surface area contributed by atoms with Gasteiger partial charge in [-0.25, -0.2) is 0 Å². The zero-order chi connectivity index (χ0) is 14.0. The number of carbonyl (C=O) groups is 1. The van der Waals surface area contributed by atoms with Crippen molar-refractivity contribution < 1.29 is 14.6 Å². The van der Waals surface area contributed by atoms with Crippen LogP contribution in [0.25, 0.3) is 0 Å². The maximum Gasteiger partial charge on any atom is 0.252 e. The molecular weight excluding hydrogens is 334 g/mol. The zero-order valence-electron chi connectivity index (χ0n) is 10.5. The van der Waals surface area contributed by atoms with Crippen molar-refractivity contribution in [2.75, 3.05) is 13.2 Å². The van der Waals surface area contributed by atoms with Gasteiger partial charge in [-0.1, -0.05) is 27.5 Å². The van der Waals surface area contributed by atoms with Crippen molar-refractivity contribution >= 4 is 33.4 Å². The molecule has 2 atom stereocenters. The molecule has 1 aliphatic rings. The van der Waals surface area contributed by atoms with E-state index in [1.807, 2.05) is 0 Å². The first-order valence-corrected chi connectivity index (χ1v) is 7.17. The summed E-state index contributed by atoms with van der Waals surface area (Å²) in [7, 11) is 0. The van der Waals surface area contributed by atoms with Gasteiger partial charge in [0.1, 0.15) is 5.60 Å². The van der Waals surface area contributed by atoms with E-state index in [2.05, 4.69) is 21.2 Å². The van der Waals surface area contributed by atoms with Crippen LogP contribution < -0.4 is 5.32 Å². The van der Waals surface area contributed by atoms with Gasteiger partial charge in [0, 0.05) is 24.0 Å². The summed E-state index contributed by atoms with van der Waals surface area (Å²) in [5.41, 5.74) is -0.614. The number of halogens is 2. The highest BCUT2D eigenvalue weighted by Gasteiger charge is 2.39. The lowest BCUT2D eigenvalue weighted by Crippen LogP contribution is -2.47. The third-order valence-corrected chi connectivity index (χ3v) is 4.20. The lowest BCUT2D eigenvalue weighted by atomic mass is 9.96. The largest absolute Gasteiger partial charge is 0.385 e. The maximum atomic E-state index is 12.0. The van der Waals surface area contributed by atoms with Crippen molar-refractivity contribution in [3.63, 3.8) is 0 Å². The fraction of sp³-hybridized carbons (Fsp3) is 0.462. The van der Waals surface area contributed by atoms with Gasteiger partial charge >= 0.3 is 0 Å². The highest BCUT2D eigenvalue weighted by atomic mass is 79.9. The first-order chi connectivity index (χ1) is 8.92. The number of hydrogen-bond donors (Lipinski definition) is 2. The highest BCUT2D eigenvalue weighted by molar-refractivity contribution is 9.10. The Bertz CT molecular complexity index is 497. The molecule has 1 amide bonds. The van der Waals surface area contributed by atoms with E-state index >= 15 is 0 Å². The Hall–Kier alpha value is -0.620. The summed E-state index contributed by atoms with van der Waals surface area (Å²) in [5.74, 6) is -0.301. The van der Waals surface area contributed by atoms with E-state index in [1.165, 1.54) is 0 Å². The molecule has 6 heteroatoms. The van der Waals surface area contributed by atoms with E-state index in [-0.39, 0.29) is 18.6 Å². The standard InChI is InChI=1S/C13H15BrClNO3/c1-8-13(18,4-5-19-8)7-16-12(17)10-3-2-9(14)6-11(10)15/h2-3,6,8,18H,4-5,7H2,1H3,(H,16,17). The number of rotatable bonds is 3. The van der Waals surface area contributed by atoms with Crippen molar-refractivity contribution in [1.29, 1.82) is 0 Å². The molecule has 19 heavy (non-hydrogen) atoms. The van der Waals surface area contributed by atoms with Crippen molar-refractivity contribution in [3.05, 3.63) is 33.3 Å². The van der Waals surface area contributed by atoms with Gasteiger partial charge in [0.05, 0.1) is 16.7 Å². The fourth-order valence-electron chi connectivity index (χ4n) is 2.01. The molecule has 2 rings (SSSR count). The van der Waals surface area contributed by atoms with Gasteiger partial charge in [-0.3, -0.25) is 4.79 Å². The Labute approximate surface area is 125 Å². The first kappa shape index (κ1) is 14.8. The Kier molecular flexibility index (Phi) is 4.50. The third kappa shape index (κ3) is 3.28. The van der Waals surface area contributed by atoms with Crippen LogP contribution in [-0.2, 0) is 4.74 Å². The number of hydrogen-bond acceptors (Lipinski definition) is 3. The van der Waals surface area contributed by atoms with E-state index < -0.39 is 5.60 Å². The van der Waals surface area contributed by atoms with Crippen LogP contribution in [0, 0.1) is 0 Å². The number of benzene rings is 1. The van der Waals surface area contributed by atoms with Gasteiger partial charge in [0.2, 0.25) is 0 Å². The molecule has 0 bridgehead atoms. The summed E-state index contributed by atoms with van der Waals surface area (Å²) in [6, 6.07) is 5.05. The molecule has 104 valence electrons. The summed E-state index contributed by atoms with van der Waals surface area (Å²) in [5, 5.41) is 13.4. The zero-order valence-corrected chi connectivity index (χ0v) is 12.8. The monoisotopic (exact) mass is 347 g/mol.